The quantitative estimate of drug-likeness (QED) is 0.232. The second-order valence-electron chi connectivity index (χ2n) is 8.56. The Balaban J connectivity index is 1.72. The number of halogens is 1. The highest BCUT2D eigenvalue weighted by Gasteiger charge is 2.40. The van der Waals surface area contributed by atoms with E-state index in [2.05, 4.69) is 20.7 Å². The summed E-state index contributed by atoms with van der Waals surface area (Å²) in [7, 11) is -4.34. The maximum Gasteiger partial charge on any atom is 0.339 e. The van der Waals surface area contributed by atoms with E-state index in [1.807, 2.05) is 0 Å². The topological polar surface area (TPSA) is 163 Å². The molecule has 0 bridgehead atoms. The van der Waals surface area contributed by atoms with Crippen molar-refractivity contribution in [1.29, 1.82) is 0 Å². The van der Waals surface area contributed by atoms with Crippen LogP contribution in [0.4, 0.5) is 16.2 Å². The number of urea groups is 1. The molecule has 1 heterocycles. The summed E-state index contributed by atoms with van der Waals surface area (Å²) in [6, 6.07) is 17.1. The minimum Gasteiger partial charge on any atom is -0.478 e. The zero-order valence-electron chi connectivity index (χ0n) is 21.1. The minimum atomic E-state index is -4.34. The maximum absolute atomic E-state index is 13.1. The fraction of sp³-hybridized carbons (Fsp3) is 0.148. The van der Waals surface area contributed by atoms with Crippen LogP contribution in [-0.4, -0.2) is 38.1 Å². The van der Waals surface area contributed by atoms with Gasteiger partial charge >= 0.3 is 18.0 Å². The van der Waals surface area contributed by atoms with Gasteiger partial charge in [-0.05, 0) is 48.9 Å². The predicted molar refractivity (Wildman–Crippen MR) is 148 cm³/mol. The number of carbonyl (C=O) groups is 3. The summed E-state index contributed by atoms with van der Waals surface area (Å²) in [4.78, 5) is 37.3. The molecule has 1 aliphatic rings. The van der Waals surface area contributed by atoms with Crippen LogP contribution < -0.4 is 20.7 Å². The van der Waals surface area contributed by atoms with Gasteiger partial charge in [0.2, 0.25) is 0 Å². The first-order chi connectivity index (χ1) is 19.1. The number of aromatic carboxylic acids is 1. The van der Waals surface area contributed by atoms with Crippen LogP contribution in [0.2, 0.25) is 5.02 Å². The van der Waals surface area contributed by atoms with Crippen LogP contribution in [0.15, 0.2) is 89.6 Å². The molecule has 1 aliphatic heterocycles. The van der Waals surface area contributed by atoms with Gasteiger partial charge in [-0.25, -0.2) is 18.0 Å². The molecule has 1 saturated heterocycles. The number of carboxylic acids is 1. The van der Waals surface area contributed by atoms with Crippen molar-refractivity contribution in [2.24, 2.45) is 5.92 Å². The summed E-state index contributed by atoms with van der Waals surface area (Å²) < 4.78 is 33.9. The SMILES string of the molecule is CCOC(=O)C1C(=CNc2cccc(S(=O)(=O)Nc3ccc(Cl)cc3)c2C(=O)O)NC(=O)NC1c1ccccc1. The van der Waals surface area contributed by atoms with Gasteiger partial charge < -0.3 is 25.8 Å². The van der Waals surface area contributed by atoms with Crippen LogP contribution in [0.3, 0.4) is 0 Å². The highest BCUT2D eigenvalue weighted by Crippen LogP contribution is 2.32. The molecular weight excluding hydrogens is 560 g/mol. The van der Waals surface area contributed by atoms with Gasteiger partial charge in [0.1, 0.15) is 16.4 Å². The van der Waals surface area contributed by atoms with E-state index in [9.17, 15) is 27.9 Å². The van der Waals surface area contributed by atoms with Crippen molar-refractivity contribution < 1.29 is 32.6 Å². The van der Waals surface area contributed by atoms with E-state index in [4.69, 9.17) is 16.3 Å². The van der Waals surface area contributed by atoms with Gasteiger partial charge in [0.25, 0.3) is 10.0 Å². The number of ether oxygens (including phenoxy) is 1. The number of rotatable bonds is 9. The van der Waals surface area contributed by atoms with E-state index in [0.717, 1.165) is 6.07 Å². The lowest BCUT2D eigenvalue weighted by atomic mass is 9.88. The lowest BCUT2D eigenvalue weighted by Crippen LogP contribution is -2.51. The largest absolute Gasteiger partial charge is 0.478 e. The van der Waals surface area contributed by atoms with Gasteiger partial charge in [-0.1, -0.05) is 48.0 Å². The highest BCUT2D eigenvalue weighted by atomic mass is 35.5. The van der Waals surface area contributed by atoms with Crippen molar-refractivity contribution in [2.45, 2.75) is 17.9 Å². The molecule has 3 aromatic rings. The molecule has 13 heteroatoms. The van der Waals surface area contributed by atoms with Gasteiger partial charge in [0.05, 0.1) is 24.0 Å². The van der Waals surface area contributed by atoms with Crippen molar-refractivity contribution in [3.63, 3.8) is 0 Å². The summed E-state index contributed by atoms with van der Waals surface area (Å²) in [5.74, 6) is -3.16. The average Bonchev–Trinajstić information content (AvgIpc) is 2.93. The first-order valence-electron chi connectivity index (χ1n) is 12.0. The lowest BCUT2D eigenvalue weighted by Gasteiger charge is -2.33. The number of sulfonamides is 1. The normalized spacial score (nSPS) is 17.9. The van der Waals surface area contributed by atoms with E-state index in [0.29, 0.717) is 10.6 Å². The molecule has 11 nitrogen and oxygen atoms in total. The molecule has 2 amide bonds. The molecule has 40 heavy (non-hydrogen) atoms. The zero-order chi connectivity index (χ0) is 28.9. The Bertz CT molecular complexity index is 1560. The van der Waals surface area contributed by atoms with E-state index in [1.54, 1.807) is 37.3 Å². The van der Waals surface area contributed by atoms with Gasteiger partial charge in [-0.3, -0.25) is 9.52 Å². The molecular formula is C27H25ClN4O7S. The Hall–Kier alpha value is -4.55. The van der Waals surface area contributed by atoms with Gasteiger partial charge in [-0.15, -0.1) is 0 Å². The first-order valence-corrected chi connectivity index (χ1v) is 13.9. The highest BCUT2D eigenvalue weighted by molar-refractivity contribution is 7.92. The Morgan fingerprint density at radius 2 is 1.75 bits per heavy atom. The molecule has 4 rings (SSSR count). The number of benzene rings is 3. The molecule has 3 aromatic carbocycles. The molecule has 0 saturated carbocycles. The third-order valence-corrected chi connectivity index (χ3v) is 7.60. The second-order valence-corrected chi connectivity index (χ2v) is 10.6. The zero-order valence-corrected chi connectivity index (χ0v) is 22.6. The number of carboxylic acid groups (broad SMARTS) is 1. The van der Waals surface area contributed by atoms with Crippen molar-refractivity contribution in [2.75, 3.05) is 16.6 Å². The maximum atomic E-state index is 13.1. The smallest absolute Gasteiger partial charge is 0.339 e. The molecule has 208 valence electrons. The van der Waals surface area contributed by atoms with Crippen molar-refractivity contribution in [3.05, 3.63) is 101 Å². The van der Waals surface area contributed by atoms with Crippen LogP contribution in [0, 0.1) is 5.92 Å². The predicted octanol–water partition coefficient (Wildman–Crippen LogP) is 4.33. The van der Waals surface area contributed by atoms with Gasteiger partial charge in [0.15, 0.2) is 0 Å². The van der Waals surface area contributed by atoms with Crippen LogP contribution in [-0.2, 0) is 19.6 Å². The molecule has 0 aromatic heterocycles. The van der Waals surface area contributed by atoms with E-state index in [1.165, 1.54) is 42.6 Å². The summed E-state index contributed by atoms with van der Waals surface area (Å²) in [6.45, 7) is 1.74. The summed E-state index contributed by atoms with van der Waals surface area (Å²) in [6.07, 6.45) is 1.25. The molecule has 0 spiro atoms. The van der Waals surface area contributed by atoms with E-state index < -0.39 is 50.4 Å². The van der Waals surface area contributed by atoms with Crippen LogP contribution in [0.1, 0.15) is 28.9 Å². The third kappa shape index (κ3) is 6.35. The summed E-state index contributed by atoms with van der Waals surface area (Å²) >= 11 is 5.86. The van der Waals surface area contributed by atoms with E-state index >= 15 is 0 Å². The number of nitrogens with one attached hydrogen (secondary N) is 4. The molecule has 1 fully saturated rings. The van der Waals surface area contributed by atoms with Crippen molar-refractivity contribution >= 4 is 51.0 Å². The molecule has 2 atom stereocenters. The Kier molecular flexibility index (Phi) is 8.61. The van der Waals surface area contributed by atoms with Gasteiger partial charge in [0, 0.05) is 16.9 Å². The fourth-order valence-electron chi connectivity index (χ4n) is 4.19. The summed E-state index contributed by atoms with van der Waals surface area (Å²) in [5.41, 5.74) is 0.288. The number of esters is 1. The number of hydrogen-bond acceptors (Lipinski definition) is 7. The molecule has 5 N–H and O–H groups in total. The summed E-state index contributed by atoms with van der Waals surface area (Å²) in [5, 5.41) is 18.4. The average molecular weight is 585 g/mol. The Morgan fingerprint density at radius 1 is 1.05 bits per heavy atom. The standard InChI is InChI=1S/C27H25ClN4O7S/c1-2-39-26(35)23-20(30-27(36)31-24(23)16-7-4-3-5-8-16)15-29-19-9-6-10-21(22(19)25(33)34)40(37,38)32-18-13-11-17(28)12-14-18/h3-15,23-24,29,32H,2H2,1H3,(H,33,34)(H2,30,31,36). The fourth-order valence-corrected chi connectivity index (χ4v) is 5.59. The molecule has 2 unspecified atom stereocenters. The number of carbonyl (C=O) groups excluding carboxylic acids is 2. The lowest BCUT2D eigenvalue weighted by molar-refractivity contribution is -0.147. The molecule has 0 radical (unpaired) electrons. The van der Waals surface area contributed by atoms with Crippen LogP contribution in [0.5, 0.6) is 0 Å². The van der Waals surface area contributed by atoms with Crippen LogP contribution in [0.25, 0.3) is 0 Å². The Labute approximate surface area is 235 Å². The minimum absolute atomic E-state index is 0.0920. The molecule has 0 aliphatic carbocycles. The number of hydrogen-bond donors (Lipinski definition) is 5. The Morgan fingerprint density at radius 3 is 2.40 bits per heavy atom. The number of amides is 2. The third-order valence-electron chi connectivity index (χ3n) is 5.92. The second kappa shape index (κ2) is 12.1. The van der Waals surface area contributed by atoms with Crippen molar-refractivity contribution in [3.8, 4) is 0 Å². The monoisotopic (exact) mass is 584 g/mol. The van der Waals surface area contributed by atoms with Crippen LogP contribution >= 0.6 is 11.6 Å². The first kappa shape index (κ1) is 28.5. The van der Waals surface area contributed by atoms with Crippen molar-refractivity contribution in [1.82, 2.24) is 10.6 Å². The van der Waals surface area contributed by atoms with E-state index in [-0.39, 0.29) is 23.7 Å². The number of anilines is 2. The van der Waals surface area contributed by atoms with Gasteiger partial charge in [-0.2, -0.15) is 0 Å².